The van der Waals surface area contributed by atoms with Crippen LogP contribution in [0.15, 0.2) is 41.6 Å². The van der Waals surface area contributed by atoms with Crippen molar-refractivity contribution in [2.75, 3.05) is 68.0 Å². The Hall–Kier alpha value is -3.45. The van der Waals surface area contributed by atoms with Crippen LogP contribution in [0.3, 0.4) is 0 Å². The molecule has 12 nitrogen and oxygen atoms in total. The number of nitrogens with zero attached hydrogens (tertiary/aromatic N) is 6. The third-order valence-electron chi connectivity index (χ3n) is 5.95. The minimum absolute atomic E-state index is 0.0367. The highest BCUT2D eigenvalue weighted by Gasteiger charge is 2.40. The molecule has 1 N–H and O–H groups in total. The Balaban J connectivity index is 1.38. The van der Waals surface area contributed by atoms with Crippen LogP contribution in [-0.4, -0.2) is 92.6 Å². The second-order valence-corrected chi connectivity index (χ2v) is 10.0. The average molecular weight is 504 g/mol. The molecule has 0 bridgehead atoms. The van der Waals surface area contributed by atoms with Crippen LogP contribution < -0.4 is 15.1 Å². The maximum absolute atomic E-state index is 13.3. The Kier molecular flexibility index (Phi) is 7.36. The quantitative estimate of drug-likeness (QED) is 0.601. The van der Waals surface area contributed by atoms with Gasteiger partial charge in [-0.3, -0.25) is 15.1 Å². The van der Waals surface area contributed by atoms with Crippen molar-refractivity contribution in [3.63, 3.8) is 0 Å². The predicted octanol–water partition coefficient (Wildman–Crippen LogP) is 1.82. The van der Waals surface area contributed by atoms with Gasteiger partial charge in [0.05, 0.1) is 12.3 Å². The van der Waals surface area contributed by atoms with E-state index in [2.05, 4.69) is 25.1 Å². The SMILES string of the molecule is CCOC(=O)Nc1ccc2c(c1)S(=O)(=O)N(CCCN1CCN(c3ncccn3)CC1)C(=O)N2C. The zero-order valence-electron chi connectivity index (χ0n) is 19.8. The van der Waals surface area contributed by atoms with Gasteiger partial charge >= 0.3 is 12.1 Å². The summed E-state index contributed by atoms with van der Waals surface area (Å²) in [4.78, 5) is 38.8. The molecule has 1 saturated heterocycles. The van der Waals surface area contributed by atoms with E-state index < -0.39 is 22.1 Å². The number of nitrogens with one attached hydrogen (secondary N) is 1. The first kappa shape index (κ1) is 24.7. The second kappa shape index (κ2) is 10.4. The highest BCUT2D eigenvalue weighted by molar-refractivity contribution is 7.90. The smallest absolute Gasteiger partial charge is 0.411 e. The van der Waals surface area contributed by atoms with Crippen molar-refractivity contribution in [1.82, 2.24) is 19.2 Å². The van der Waals surface area contributed by atoms with E-state index >= 15 is 0 Å². The number of ether oxygens (including phenoxy) is 1. The average Bonchev–Trinajstić information content (AvgIpc) is 2.86. The number of piperazine rings is 1. The lowest BCUT2D eigenvalue weighted by Gasteiger charge is -2.36. The summed E-state index contributed by atoms with van der Waals surface area (Å²) in [6, 6.07) is 5.56. The standard InChI is InChI=1S/C22H29N7O5S/c1-3-34-21(30)25-17-6-7-18-19(16-17)35(32,33)29(22(31)26(18)2)11-5-10-27-12-14-28(15-13-27)20-23-8-4-9-24-20/h4,6-9,16H,3,5,10-15H2,1-2H3,(H,25,30). The maximum Gasteiger partial charge on any atom is 0.411 e. The number of sulfonamides is 1. The molecule has 0 saturated carbocycles. The highest BCUT2D eigenvalue weighted by atomic mass is 32.2. The van der Waals surface area contributed by atoms with Crippen LogP contribution in [0.4, 0.5) is 26.9 Å². The fraction of sp³-hybridized carbons (Fsp3) is 0.455. The number of amides is 3. The van der Waals surface area contributed by atoms with Gasteiger partial charge in [-0.15, -0.1) is 0 Å². The summed E-state index contributed by atoms with van der Waals surface area (Å²) >= 11 is 0. The van der Waals surface area contributed by atoms with E-state index in [0.29, 0.717) is 18.9 Å². The lowest BCUT2D eigenvalue weighted by atomic mass is 10.2. The number of anilines is 3. The monoisotopic (exact) mass is 503 g/mol. The van der Waals surface area contributed by atoms with Gasteiger partial charge in [-0.2, -0.15) is 0 Å². The molecule has 0 unspecified atom stereocenters. The van der Waals surface area contributed by atoms with E-state index in [4.69, 9.17) is 4.74 Å². The Morgan fingerprint density at radius 1 is 1.11 bits per heavy atom. The van der Waals surface area contributed by atoms with Gasteiger partial charge < -0.3 is 9.64 Å². The van der Waals surface area contributed by atoms with Crippen molar-refractivity contribution < 1.29 is 22.7 Å². The highest BCUT2D eigenvalue weighted by Crippen LogP contribution is 2.35. The molecular weight excluding hydrogens is 474 g/mol. The van der Waals surface area contributed by atoms with Gasteiger partial charge in [-0.1, -0.05) is 0 Å². The van der Waals surface area contributed by atoms with Gasteiger partial charge in [0.25, 0.3) is 10.0 Å². The summed E-state index contributed by atoms with van der Waals surface area (Å²) in [5.41, 5.74) is 0.536. The Labute approximate surface area is 204 Å². The van der Waals surface area contributed by atoms with Crippen molar-refractivity contribution in [2.45, 2.75) is 18.2 Å². The molecule has 13 heteroatoms. The fourth-order valence-electron chi connectivity index (χ4n) is 4.13. The van der Waals surface area contributed by atoms with Gasteiger partial charge in [-0.05, 0) is 37.6 Å². The van der Waals surface area contributed by atoms with Crippen molar-refractivity contribution in [1.29, 1.82) is 0 Å². The molecule has 1 aromatic heterocycles. The van der Waals surface area contributed by atoms with Gasteiger partial charge in [0.15, 0.2) is 0 Å². The van der Waals surface area contributed by atoms with E-state index in [1.165, 1.54) is 30.1 Å². The van der Waals surface area contributed by atoms with E-state index in [1.54, 1.807) is 25.4 Å². The van der Waals surface area contributed by atoms with Crippen LogP contribution in [-0.2, 0) is 14.8 Å². The third kappa shape index (κ3) is 5.30. The molecule has 2 aliphatic rings. The Morgan fingerprint density at radius 3 is 2.51 bits per heavy atom. The van der Waals surface area contributed by atoms with E-state index in [-0.39, 0.29) is 29.4 Å². The van der Waals surface area contributed by atoms with E-state index in [1.807, 2.05) is 0 Å². The summed E-state index contributed by atoms with van der Waals surface area (Å²) < 4.78 is 32.4. The fourth-order valence-corrected chi connectivity index (χ4v) is 5.81. The number of hydrogen-bond acceptors (Lipinski definition) is 9. The largest absolute Gasteiger partial charge is 0.450 e. The van der Waals surface area contributed by atoms with Crippen LogP contribution in [0.5, 0.6) is 0 Å². The minimum atomic E-state index is -4.08. The molecule has 0 atom stereocenters. The summed E-state index contributed by atoms with van der Waals surface area (Å²) in [5.74, 6) is 0.704. The van der Waals surface area contributed by atoms with Crippen molar-refractivity contribution in [2.24, 2.45) is 0 Å². The number of benzene rings is 1. The first-order chi connectivity index (χ1) is 16.8. The summed E-state index contributed by atoms with van der Waals surface area (Å²) in [7, 11) is -2.54. The van der Waals surface area contributed by atoms with Crippen LogP contribution >= 0.6 is 0 Å². The predicted molar refractivity (Wildman–Crippen MR) is 130 cm³/mol. The summed E-state index contributed by atoms with van der Waals surface area (Å²) in [6.45, 7) is 5.72. The molecule has 4 rings (SSSR count). The molecule has 188 valence electrons. The molecule has 2 aromatic rings. The molecular formula is C22H29N7O5S. The molecule has 3 heterocycles. The van der Waals surface area contributed by atoms with Gasteiger partial charge in [0.2, 0.25) is 5.95 Å². The molecule has 0 aliphatic carbocycles. The molecule has 1 aromatic carbocycles. The second-order valence-electron chi connectivity index (χ2n) is 8.18. The first-order valence-corrected chi connectivity index (χ1v) is 12.9. The zero-order chi connectivity index (χ0) is 25.0. The van der Waals surface area contributed by atoms with Crippen molar-refractivity contribution >= 4 is 39.5 Å². The lowest BCUT2D eigenvalue weighted by molar-refractivity contribution is 0.168. The van der Waals surface area contributed by atoms with E-state index in [0.717, 1.165) is 30.5 Å². The zero-order valence-corrected chi connectivity index (χ0v) is 20.6. The number of aromatic nitrogens is 2. The van der Waals surface area contributed by atoms with Crippen LogP contribution in [0, 0.1) is 0 Å². The number of rotatable bonds is 7. The number of fused-ring (bicyclic) bond motifs is 1. The van der Waals surface area contributed by atoms with Crippen LogP contribution in [0.2, 0.25) is 0 Å². The van der Waals surface area contributed by atoms with Crippen LogP contribution in [0.1, 0.15) is 13.3 Å². The topological polar surface area (TPSA) is 128 Å². The molecule has 1 fully saturated rings. The molecule has 3 amide bonds. The minimum Gasteiger partial charge on any atom is -0.450 e. The molecule has 0 radical (unpaired) electrons. The van der Waals surface area contributed by atoms with E-state index in [9.17, 15) is 18.0 Å². The third-order valence-corrected chi connectivity index (χ3v) is 7.76. The van der Waals surface area contributed by atoms with Gasteiger partial charge in [0.1, 0.15) is 4.90 Å². The van der Waals surface area contributed by atoms with Gasteiger partial charge in [0, 0.05) is 64.4 Å². The molecule has 2 aliphatic heterocycles. The number of carbonyl (C=O) groups is 2. The Morgan fingerprint density at radius 2 is 1.83 bits per heavy atom. The van der Waals surface area contributed by atoms with Crippen molar-refractivity contribution in [3.05, 3.63) is 36.7 Å². The van der Waals surface area contributed by atoms with Crippen molar-refractivity contribution in [3.8, 4) is 0 Å². The van der Waals surface area contributed by atoms with Crippen LogP contribution in [0.25, 0.3) is 0 Å². The number of hydrogen-bond donors (Lipinski definition) is 1. The number of carbonyl (C=O) groups excluding carboxylic acids is 2. The summed E-state index contributed by atoms with van der Waals surface area (Å²) in [6.07, 6.45) is 3.25. The molecule has 0 spiro atoms. The Bertz CT molecular complexity index is 1170. The first-order valence-electron chi connectivity index (χ1n) is 11.4. The number of urea groups is 1. The van der Waals surface area contributed by atoms with Gasteiger partial charge in [-0.25, -0.2) is 32.3 Å². The molecule has 35 heavy (non-hydrogen) atoms. The maximum atomic E-state index is 13.3. The normalized spacial score (nSPS) is 17.8. The summed E-state index contributed by atoms with van der Waals surface area (Å²) in [5, 5.41) is 2.51. The lowest BCUT2D eigenvalue weighted by Crippen LogP contribution is -2.50.